The maximum atomic E-state index is 13.4. The van der Waals surface area contributed by atoms with Crippen LogP contribution in [-0.2, 0) is 13.1 Å². The first-order valence-electron chi connectivity index (χ1n) is 4.32. The predicted molar refractivity (Wildman–Crippen MR) is 45.0 cm³/mol. The molecule has 0 unspecified atom stereocenters. The van der Waals surface area contributed by atoms with Crippen molar-refractivity contribution in [1.29, 1.82) is 0 Å². The monoisotopic (exact) mass is 184 g/mol. The Morgan fingerprint density at radius 1 is 1.38 bits per heavy atom. The summed E-state index contributed by atoms with van der Waals surface area (Å²) in [5.41, 5.74) is 0.932. The number of hydrogen-bond donors (Lipinski definition) is 0. The van der Waals surface area contributed by atoms with E-state index in [0.717, 1.165) is 18.4 Å². The van der Waals surface area contributed by atoms with Gasteiger partial charge in [0.15, 0.2) is 11.6 Å². The highest BCUT2D eigenvalue weighted by Gasteiger charge is 2.17. The summed E-state index contributed by atoms with van der Waals surface area (Å²) in [5.74, 6) is -0.277. The van der Waals surface area contributed by atoms with Crippen LogP contribution in [0.2, 0.25) is 0 Å². The van der Waals surface area contributed by atoms with Crippen LogP contribution in [0.1, 0.15) is 17.5 Å². The van der Waals surface area contributed by atoms with E-state index >= 15 is 0 Å². The minimum Gasteiger partial charge on any atom is -0.490 e. The molecule has 1 aromatic rings. The average molecular weight is 184 g/mol. The first kappa shape index (κ1) is 8.48. The zero-order valence-corrected chi connectivity index (χ0v) is 7.15. The van der Waals surface area contributed by atoms with Crippen LogP contribution in [0.25, 0.3) is 0 Å². The Kier molecular flexibility index (Phi) is 2.17. The second-order valence-corrected chi connectivity index (χ2v) is 3.11. The molecule has 2 rings (SSSR count). The fraction of sp³-hybridized carbons (Fsp3) is 0.400. The highest BCUT2D eigenvalue weighted by molar-refractivity contribution is 5.40. The van der Waals surface area contributed by atoms with Gasteiger partial charge < -0.3 is 4.74 Å². The second kappa shape index (κ2) is 3.32. The summed E-state index contributed by atoms with van der Waals surface area (Å²) in [6.07, 6.45) is 1.72. The molecule has 0 saturated carbocycles. The zero-order valence-electron chi connectivity index (χ0n) is 7.15. The van der Waals surface area contributed by atoms with E-state index in [4.69, 9.17) is 4.74 Å². The lowest BCUT2D eigenvalue weighted by Gasteiger charge is -2.18. The molecule has 0 amide bonds. The van der Waals surface area contributed by atoms with Crippen LogP contribution in [0.15, 0.2) is 12.1 Å². The summed E-state index contributed by atoms with van der Waals surface area (Å²) in [7, 11) is 0. The molecule has 0 aliphatic carbocycles. The van der Waals surface area contributed by atoms with Crippen LogP contribution < -0.4 is 4.74 Å². The molecular weight excluding hydrogens is 174 g/mol. The highest BCUT2D eigenvalue weighted by Crippen LogP contribution is 2.30. The molecule has 0 spiro atoms. The van der Waals surface area contributed by atoms with E-state index in [-0.39, 0.29) is 11.3 Å². The van der Waals surface area contributed by atoms with Crippen molar-refractivity contribution in [3.63, 3.8) is 0 Å². The summed E-state index contributed by atoms with van der Waals surface area (Å²) in [5, 5.41) is 0. The van der Waals surface area contributed by atoms with Gasteiger partial charge in [-0.2, -0.15) is 0 Å². The van der Waals surface area contributed by atoms with Crippen LogP contribution in [0, 0.1) is 5.82 Å². The molecule has 0 atom stereocenters. The normalized spacial score (nSPS) is 14.9. The van der Waals surface area contributed by atoms with Gasteiger partial charge in [-0.05, 0) is 18.4 Å². The van der Waals surface area contributed by atoms with Gasteiger partial charge in [-0.25, -0.2) is 8.78 Å². The summed E-state index contributed by atoms with van der Waals surface area (Å²) < 4.78 is 30.8. The van der Waals surface area contributed by atoms with Crippen molar-refractivity contribution in [2.45, 2.75) is 19.5 Å². The molecular formula is C10H10F2O. The van der Waals surface area contributed by atoms with Crippen LogP contribution in [0.3, 0.4) is 0 Å². The molecule has 70 valence electrons. The Hall–Kier alpha value is -1.12. The number of benzene rings is 1. The van der Waals surface area contributed by atoms with E-state index in [1.807, 2.05) is 0 Å². The molecule has 0 N–H and O–H groups in total. The van der Waals surface area contributed by atoms with E-state index in [0.29, 0.717) is 6.61 Å². The lowest BCUT2D eigenvalue weighted by Crippen LogP contribution is -2.10. The topological polar surface area (TPSA) is 9.23 Å². The maximum absolute atomic E-state index is 13.4. The molecule has 1 nitrogen and oxygen atoms in total. The van der Waals surface area contributed by atoms with Crippen LogP contribution in [-0.4, -0.2) is 6.61 Å². The Balaban J connectivity index is 2.48. The third-order valence-corrected chi connectivity index (χ3v) is 2.24. The standard InChI is InChI=1S/C10H10F2O/c11-6-8-4-3-7-2-1-5-13-10(7)9(8)12/h3-4H,1-2,5-6H2. The quantitative estimate of drug-likeness (QED) is 0.651. The van der Waals surface area contributed by atoms with Crippen molar-refractivity contribution in [2.75, 3.05) is 6.61 Å². The third kappa shape index (κ3) is 1.39. The van der Waals surface area contributed by atoms with Gasteiger partial charge in [-0.1, -0.05) is 12.1 Å². The Bertz CT molecular complexity index is 323. The molecule has 1 aliphatic rings. The molecule has 1 aromatic carbocycles. The van der Waals surface area contributed by atoms with E-state index in [1.54, 1.807) is 6.07 Å². The molecule has 0 saturated heterocycles. The predicted octanol–water partition coefficient (Wildman–Crippen LogP) is 2.62. The van der Waals surface area contributed by atoms with Crippen molar-refractivity contribution in [3.8, 4) is 5.75 Å². The van der Waals surface area contributed by atoms with Crippen molar-refractivity contribution in [3.05, 3.63) is 29.1 Å². The summed E-state index contributed by atoms with van der Waals surface area (Å²) in [6.45, 7) is -0.248. The van der Waals surface area contributed by atoms with Crippen LogP contribution in [0.4, 0.5) is 8.78 Å². The fourth-order valence-corrected chi connectivity index (χ4v) is 1.53. The van der Waals surface area contributed by atoms with Crippen LogP contribution >= 0.6 is 0 Å². The Morgan fingerprint density at radius 3 is 3.00 bits per heavy atom. The lowest BCUT2D eigenvalue weighted by atomic mass is 10.0. The van der Waals surface area contributed by atoms with E-state index in [9.17, 15) is 8.78 Å². The minimum absolute atomic E-state index is 0.0839. The van der Waals surface area contributed by atoms with E-state index in [2.05, 4.69) is 0 Å². The minimum atomic E-state index is -0.775. The van der Waals surface area contributed by atoms with Crippen molar-refractivity contribution >= 4 is 0 Å². The van der Waals surface area contributed by atoms with Gasteiger partial charge in [0.1, 0.15) is 6.67 Å². The second-order valence-electron chi connectivity index (χ2n) is 3.11. The van der Waals surface area contributed by atoms with Crippen LogP contribution in [0.5, 0.6) is 5.75 Å². The van der Waals surface area contributed by atoms with E-state index in [1.165, 1.54) is 6.07 Å². The average Bonchev–Trinajstić information content (AvgIpc) is 2.19. The van der Waals surface area contributed by atoms with Crippen molar-refractivity contribution in [1.82, 2.24) is 0 Å². The van der Waals surface area contributed by atoms with Gasteiger partial charge in [-0.15, -0.1) is 0 Å². The van der Waals surface area contributed by atoms with Gasteiger partial charge in [0.2, 0.25) is 0 Å². The number of hydrogen-bond acceptors (Lipinski definition) is 1. The number of rotatable bonds is 1. The molecule has 13 heavy (non-hydrogen) atoms. The molecule has 0 aromatic heterocycles. The fourth-order valence-electron chi connectivity index (χ4n) is 1.53. The molecule has 0 fully saturated rings. The number of ether oxygens (including phenoxy) is 1. The van der Waals surface area contributed by atoms with Gasteiger partial charge >= 0.3 is 0 Å². The number of fused-ring (bicyclic) bond motifs is 1. The van der Waals surface area contributed by atoms with Crippen molar-refractivity contribution in [2.24, 2.45) is 0 Å². The largest absolute Gasteiger partial charge is 0.490 e. The summed E-state index contributed by atoms with van der Waals surface area (Å²) in [6, 6.07) is 3.23. The molecule has 0 radical (unpaired) electrons. The van der Waals surface area contributed by atoms with Gasteiger partial charge in [0.05, 0.1) is 6.61 Å². The summed E-state index contributed by atoms with van der Waals surface area (Å²) in [4.78, 5) is 0. The summed E-state index contributed by atoms with van der Waals surface area (Å²) >= 11 is 0. The smallest absolute Gasteiger partial charge is 0.171 e. The highest BCUT2D eigenvalue weighted by atomic mass is 19.1. The maximum Gasteiger partial charge on any atom is 0.171 e. The molecule has 1 heterocycles. The molecule has 0 bridgehead atoms. The number of alkyl halides is 1. The third-order valence-electron chi connectivity index (χ3n) is 2.24. The van der Waals surface area contributed by atoms with Gasteiger partial charge in [-0.3, -0.25) is 0 Å². The molecule has 1 aliphatic heterocycles. The van der Waals surface area contributed by atoms with Gasteiger partial charge in [0, 0.05) is 5.56 Å². The molecule has 3 heteroatoms. The number of halogens is 2. The van der Waals surface area contributed by atoms with Gasteiger partial charge in [0.25, 0.3) is 0 Å². The number of aryl methyl sites for hydroxylation is 1. The first-order valence-corrected chi connectivity index (χ1v) is 4.32. The van der Waals surface area contributed by atoms with E-state index < -0.39 is 12.5 Å². The zero-order chi connectivity index (χ0) is 9.26. The Morgan fingerprint density at radius 2 is 2.23 bits per heavy atom. The SMILES string of the molecule is FCc1ccc2c(c1F)OCCC2. The lowest BCUT2D eigenvalue weighted by molar-refractivity contribution is 0.271. The van der Waals surface area contributed by atoms with Crippen molar-refractivity contribution < 1.29 is 13.5 Å². The first-order chi connectivity index (χ1) is 6.33. The Labute approximate surface area is 75.3 Å².